The quantitative estimate of drug-likeness (QED) is 0.290. The monoisotopic (exact) mass is 482 g/mol. The van der Waals surface area contributed by atoms with Crippen molar-refractivity contribution in [3.63, 3.8) is 0 Å². The lowest BCUT2D eigenvalue weighted by Gasteiger charge is -2.19. The van der Waals surface area contributed by atoms with E-state index < -0.39 is 5.41 Å². The molecule has 3 aromatic carbocycles. The molecule has 1 N–H and O–H groups in total. The van der Waals surface area contributed by atoms with E-state index in [9.17, 15) is 4.79 Å². The Hall–Kier alpha value is -3.43. The Morgan fingerprint density at radius 1 is 0.943 bits per heavy atom. The molecular formula is C31H31ClN2O. The van der Waals surface area contributed by atoms with E-state index in [1.54, 1.807) is 0 Å². The first-order chi connectivity index (χ1) is 16.8. The van der Waals surface area contributed by atoms with E-state index in [1.807, 2.05) is 57.2 Å². The molecule has 0 fully saturated rings. The number of carbonyl (C=O) groups excluding carboxylic acids is 1. The number of para-hydroxylation sites is 1. The minimum Gasteiger partial charge on any atom is -0.325 e. The van der Waals surface area contributed by atoms with Gasteiger partial charge < -0.3 is 5.32 Å². The van der Waals surface area contributed by atoms with Gasteiger partial charge in [0.15, 0.2) is 0 Å². The zero-order chi connectivity index (χ0) is 24.8. The molecule has 4 heteroatoms. The van der Waals surface area contributed by atoms with Gasteiger partial charge in [0.25, 0.3) is 0 Å². The summed E-state index contributed by atoms with van der Waals surface area (Å²) < 4.78 is 0. The van der Waals surface area contributed by atoms with Crippen LogP contribution in [0, 0.1) is 5.41 Å². The highest BCUT2D eigenvalue weighted by Gasteiger charge is 2.21. The van der Waals surface area contributed by atoms with Gasteiger partial charge in [0.2, 0.25) is 5.91 Å². The second-order valence-electron chi connectivity index (χ2n) is 9.85. The summed E-state index contributed by atoms with van der Waals surface area (Å²) in [6.07, 6.45) is 6.82. The van der Waals surface area contributed by atoms with Gasteiger partial charge in [0.1, 0.15) is 0 Å². The number of hydrogen-bond acceptors (Lipinski definition) is 2. The molecule has 0 atom stereocenters. The molecule has 35 heavy (non-hydrogen) atoms. The molecule has 0 saturated carbocycles. The smallest absolute Gasteiger partial charge is 0.229 e. The number of pyridine rings is 1. The second kappa shape index (κ2) is 10.9. The summed E-state index contributed by atoms with van der Waals surface area (Å²) in [5.41, 5.74) is 5.98. The van der Waals surface area contributed by atoms with Gasteiger partial charge in [-0.2, -0.15) is 0 Å². The average molecular weight is 483 g/mol. The first-order valence-electron chi connectivity index (χ1n) is 12.0. The molecule has 0 aliphatic heterocycles. The second-order valence-corrected chi connectivity index (χ2v) is 10.3. The van der Waals surface area contributed by atoms with Crippen LogP contribution in [-0.4, -0.2) is 10.9 Å². The van der Waals surface area contributed by atoms with Crippen molar-refractivity contribution in [3.05, 3.63) is 112 Å². The van der Waals surface area contributed by atoms with Crippen molar-refractivity contribution < 1.29 is 4.79 Å². The van der Waals surface area contributed by atoms with Crippen molar-refractivity contribution in [2.24, 2.45) is 5.41 Å². The predicted octanol–water partition coefficient (Wildman–Crippen LogP) is 7.91. The van der Waals surface area contributed by atoms with Gasteiger partial charge in [-0.05, 0) is 60.2 Å². The van der Waals surface area contributed by atoms with Gasteiger partial charge in [-0.15, -0.1) is 0 Å². The zero-order valence-electron chi connectivity index (χ0n) is 20.5. The molecular weight excluding hydrogens is 452 g/mol. The predicted molar refractivity (Wildman–Crippen MR) is 148 cm³/mol. The normalized spacial score (nSPS) is 11.8. The Morgan fingerprint density at radius 3 is 2.57 bits per heavy atom. The summed E-state index contributed by atoms with van der Waals surface area (Å²) in [5.74, 6) is 0.0191. The molecule has 178 valence electrons. The van der Waals surface area contributed by atoms with E-state index >= 15 is 0 Å². The number of carbonyl (C=O) groups is 1. The van der Waals surface area contributed by atoms with E-state index in [-0.39, 0.29) is 5.91 Å². The summed E-state index contributed by atoms with van der Waals surface area (Å²) in [7, 11) is 0. The lowest BCUT2D eigenvalue weighted by molar-refractivity contribution is -0.123. The van der Waals surface area contributed by atoms with Crippen LogP contribution < -0.4 is 5.32 Å². The molecule has 0 radical (unpaired) electrons. The molecule has 1 heterocycles. The van der Waals surface area contributed by atoms with E-state index in [4.69, 9.17) is 16.6 Å². The van der Waals surface area contributed by atoms with Crippen molar-refractivity contribution in [3.8, 4) is 0 Å². The molecule has 4 aromatic rings. The van der Waals surface area contributed by atoms with Crippen molar-refractivity contribution in [2.45, 2.75) is 40.0 Å². The Morgan fingerprint density at radius 2 is 1.74 bits per heavy atom. The number of aromatic nitrogens is 1. The Balaban J connectivity index is 1.39. The highest BCUT2D eigenvalue weighted by Crippen LogP contribution is 2.22. The van der Waals surface area contributed by atoms with Gasteiger partial charge in [-0.3, -0.25) is 9.78 Å². The number of nitrogens with zero attached hydrogens (tertiary/aromatic N) is 1. The summed E-state index contributed by atoms with van der Waals surface area (Å²) in [6.45, 7) is 5.76. The summed E-state index contributed by atoms with van der Waals surface area (Å²) >= 11 is 6.13. The molecule has 1 amide bonds. The number of anilines is 1. The lowest BCUT2D eigenvalue weighted by Crippen LogP contribution is -2.28. The number of nitrogens with one attached hydrogen (secondary N) is 1. The maximum absolute atomic E-state index is 12.4. The van der Waals surface area contributed by atoms with Gasteiger partial charge in [0.05, 0.1) is 5.52 Å². The minimum atomic E-state index is -0.432. The Kier molecular flexibility index (Phi) is 7.67. The number of rotatable bonds is 7. The molecule has 4 rings (SSSR count). The van der Waals surface area contributed by atoms with E-state index in [0.717, 1.165) is 52.7 Å². The topological polar surface area (TPSA) is 42.0 Å². The number of halogens is 1. The van der Waals surface area contributed by atoms with Gasteiger partial charge in [-0.25, -0.2) is 0 Å². The number of benzene rings is 3. The van der Waals surface area contributed by atoms with E-state index in [0.29, 0.717) is 5.02 Å². The van der Waals surface area contributed by atoms with Crippen LogP contribution >= 0.6 is 11.6 Å². The standard InChI is InChI=1S/C31H31ClN2O/c1-31(2,3)30(35)34-28-13-5-4-11-24(28)12-7-10-22-8-6-9-23(20-22)14-18-27-19-16-25-15-17-26(32)21-29(25)33-27/h4-11,13,15-17,19-21H,12,14,18H2,1-3H3,(H,34,35). The fraction of sp³-hybridized carbons (Fsp3) is 0.226. The van der Waals surface area contributed by atoms with Crippen molar-refractivity contribution >= 4 is 40.2 Å². The third-order valence-corrected chi connectivity index (χ3v) is 6.16. The van der Waals surface area contributed by atoms with Crippen LogP contribution in [0.1, 0.15) is 43.2 Å². The number of fused-ring (bicyclic) bond motifs is 1. The van der Waals surface area contributed by atoms with Crippen LogP contribution in [-0.2, 0) is 24.1 Å². The molecule has 0 aliphatic carbocycles. The number of allylic oxidation sites excluding steroid dienone is 1. The molecule has 0 aliphatic rings. The maximum atomic E-state index is 12.4. The van der Waals surface area contributed by atoms with E-state index in [2.05, 4.69) is 59.9 Å². The van der Waals surface area contributed by atoms with Gasteiger partial charge in [-0.1, -0.05) is 99.1 Å². The lowest BCUT2D eigenvalue weighted by atomic mass is 9.95. The SMILES string of the molecule is CC(C)(C)C(=O)Nc1ccccc1CC=Cc1cccc(CCc2ccc3ccc(Cl)cc3n2)c1. The largest absolute Gasteiger partial charge is 0.325 e. The molecule has 0 unspecified atom stereocenters. The van der Waals surface area contributed by atoms with Gasteiger partial charge >= 0.3 is 0 Å². The van der Waals surface area contributed by atoms with Crippen LogP contribution in [0.2, 0.25) is 5.02 Å². The number of hydrogen-bond donors (Lipinski definition) is 1. The summed E-state index contributed by atoms with van der Waals surface area (Å²) in [4.78, 5) is 17.2. The fourth-order valence-corrected chi connectivity index (χ4v) is 4.01. The fourth-order valence-electron chi connectivity index (χ4n) is 3.85. The molecule has 0 spiro atoms. The highest BCUT2D eigenvalue weighted by molar-refractivity contribution is 6.31. The van der Waals surface area contributed by atoms with Crippen LogP contribution in [0.5, 0.6) is 0 Å². The third kappa shape index (κ3) is 6.80. The summed E-state index contributed by atoms with van der Waals surface area (Å²) in [5, 5.41) is 4.88. The average Bonchev–Trinajstić information content (AvgIpc) is 2.83. The maximum Gasteiger partial charge on any atom is 0.229 e. The van der Waals surface area contributed by atoms with Crippen LogP contribution in [0.25, 0.3) is 17.0 Å². The van der Waals surface area contributed by atoms with Crippen LogP contribution in [0.3, 0.4) is 0 Å². The first-order valence-corrected chi connectivity index (χ1v) is 12.4. The van der Waals surface area contributed by atoms with Crippen molar-refractivity contribution in [1.82, 2.24) is 4.98 Å². The highest BCUT2D eigenvalue weighted by atomic mass is 35.5. The zero-order valence-corrected chi connectivity index (χ0v) is 21.3. The van der Waals surface area contributed by atoms with Crippen molar-refractivity contribution in [2.75, 3.05) is 5.32 Å². The molecule has 0 bridgehead atoms. The first kappa shape index (κ1) is 24.7. The summed E-state index contributed by atoms with van der Waals surface area (Å²) in [6, 6.07) is 26.6. The molecule has 1 aromatic heterocycles. The van der Waals surface area contributed by atoms with Crippen LogP contribution in [0.4, 0.5) is 5.69 Å². The molecule has 3 nitrogen and oxygen atoms in total. The third-order valence-electron chi connectivity index (χ3n) is 5.93. The van der Waals surface area contributed by atoms with Crippen molar-refractivity contribution in [1.29, 1.82) is 0 Å². The number of aryl methyl sites for hydroxylation is 2. The minimum absolute atomic E-state index is 0.0191. The van der Waals surface area contributed by atoms with Gasteiger partial charge in [0, 0.05) is 27.2 Å². The Labute approximate surface area is 212 Å². The molecule has 0 saturated heterocycles. The van der Waals surface area contributed by atoms with Crippen LogP contribution in [0.15, 0.2) is 84.9 Å². The Bertz CT molecular complexity index is 1370. The van der Waals surface area contributed by atoms with E-state index in [1.165, 1.54) is 5.56 Å². The number of amides is 1.